The van der Waals surface area contributed by atoms with Crippen molar-refractivity contribution in [3.63, 3.8) is 0 Å². The van der Waals surface area contributed by atoms with E-state index in [9.17, 15) is 9.59 Å². The van der Waals surface area contributed by atoms with Crippen molar-refractivity contribution in [3.05, 3.63) is 28.8 Å². The minimum Gasteiger partial charge on any atom is -0.347 e. The number of rotatable bonds is 4. The molecule has 1 aromatic carbocycles. The molecule has 3 rings (SSSR count). The molecule has 2 saturated carbocycles. The summed E-state index contributed by atoms with van der Waals surface area (Å²) in [5.74, 6) is 0.748. The fraction of sp³-hybridized carbons (Fsp3) is 0.619. The lowest BCUT2D eigenvalue weighted by atomic mass is 9.65. The number of fused-ring (bicyclic) bond motifs is 2. The number of amides is 2. The van der Waals surface area contributed by atoms with Gasteiger partial charge in [0.25, 0.3) is 0 Å². The van der Waals surface area contributed by atoms with Crippen molar-refractivity contribution in [1.29, 1.82) is 0 Å². The van der Waals surface area contributed by atoms with Crippen molar-refractivity contribution in [2.45, 2.75) is 58.9 Å². The Labute approximate surface area is 168 Å². The molecule has 2 unspecified atom stereocenters. The quantitative estimate of drug-likeness (QED) is 0.734. The van der Waals surface area contributed by atoms with E-state index in [2.05, 4.69) is 10.6 Å². The Morgan fingerprint density at radius 2 is 1.63 bits per heavy atom. The Kier molecular flexibility index (Phi) is 7.29. The highest BCUT2D eigenvalue weighted by molar-refractivity contribution is 5.96. The molecule has 0 aliphatic heterocycles. The molecule has 2 aliphatic rings. The van der Waals surface area contributed by atoms with E-state index in [1.165, 1.54) is 12.0 Å². The highest BCUT2D eigenvalue weighted by atomic mass is 35.5. The summed E-state index contributed by atoms with van der Waals surface area (Å²) < 4.78 is 0. The molecule has 27 heavy (non-hydrogen) atoms. The van der Waals surface area contributed by atoms with E-state index >= 15 is 0 Å². The van der Waals surface area contributed by atoms with Gasteiger partial charge in [-0.15, -0.1) is 12.4 Å². The number of anilines is 1. The molecular formula is C21H32ClN3O2. The first kappa shape index (κ1) is 21.7. The van der Waals surface area contributed by atoms with Crippen molar-refractivity contribution in [3.8, 4) is 0 Å². The average Bonchev–Trinajstić information content (AvgIpc) is 2.55. The van der Waals surface area contributed by atoms with Gasteiger partial charge in [0.1, 0.15) is 0 Å². The lowest BCUT2D eigenvalue weighted by Crippen LogP contribution is -2.49. The Morgan fingerprint density at radius 3 is 2.19 bits per heavy atom. The monoisotopic (exact) mass is 393 g/mol. The van der Waals surface area contributed by atoms with Crippen LogP contribution in [0.15, 0.2) is 12.1 Å². The van der Waals surface area contributed by atoms with Crippen LogP contribution in [0.5, 0.6) is 0 Å². The summed E-state index contributed by atoms with van der Waals surface area (Å²) in [6, 6.07) is 4.35. The highest BCUT2D eigenvalue weighted by Gasteiger charge is 2.40. The number of benzene rings is 1. The third-order valence-electron chi connectivity index (χ3n) is 6.15. The largest absolute Gasteiger partial charge is 0.347 e. The average molecular weight is 394 g/mol. The number of halogens is 1. The van der Waals surface area contributed by atoms with Gasteiger partial charge in [0.15, 0.2) is 0 Å². The Bertz CT molecular complexity index is 670. The van der Waals surface area contributed by atoms with Crippen LogP contribution in [0.25, 0.3) is 0 Å². The van der Waals surface area contributed by atoms with E-state index < -0.39 is 0 Å². The molecule has 0 heterocycles. The van der Waals surface area contributed by atoms with E-state index in [-0.39, 0.29) is 42.7 Å². The molecule has 1 aromatic rings. The van der Waals surface area contributed by atoms with Crippen LogP contribution in [0.1, 0.15) is 48.8 Å². The molecule has 2 amide bonds. The first-order valence-electron chi connectivity index (χ1n) is 9.76. The highest BCUT2D eigenvalue weighted by Crippen LogP contribution is 2.41. The van der Waals surface area contributed by atoms with Gasteiger partial charge >= 0.3 is 0 Å². The van der Waals surface area contributed by atoms with Gasteiger partial charge in [0, 0.05) is 17.6 Å². The smallest absolute Gasteiger partial charge is 0.243 e. The lowest BCUT2D eigenvalue weighted by molar-refractivity contribution is -0.129. The maximum absolute atomic E-state index is 12.5. The zero-order chi connectivity index (χ0) is 18.8. The second-order valence-corrected chi connectivity index (χ2v) is 8.24. The molecular weight excluding hydrogens is 362 g/mol. The van der Waals surface area contributed by atoms with Gasteiger partial charge < -0.3 is 16.4 Å². The molecule has 2 atom stereocenters. The van der Waals surface area contributed by atoms with Gasteiger partial charge in [-0.3, -0.25) is 9.59 Å². The number of hydrogen-bond acceptors (Lipinski definition) is 3. The van der Waals surface area contributed by atoms with Gasteiger partial charge in [0.05, 0.1) is 6.54 Å². The lowest BCUT2D eigenvalue weighted by Gasteiger charge is -2.43. The number of nitrogens with one attached hydrogen (secondary N) is 2. The molecule has 150 valence electrons. The van der Waals surface area contributed by atoms with Gasteiger partial charge in [0.2, 0.25) is 11.8 Å². The van der Waals surface area contributed by atoms with Crippen molar-refractivity contribution in [2.24, 2.45) is 23.5 Å². The molecule has 0 radical (unpaired) electrons. The molecule has 0 spiro atoms. The second-order valence-electron chi connectivity index (χ2n) is 8.24. The minimum atomic E-state index is -0.180. The fourth-order valence-electron chi connectivity index (χ4n) is 4.88. The Morgan fingerprint density at radius 1 is 1.07 bits per heavy atom. The van der Waals surface area contributed by atoms with E-state index in [1.807, 2.05) is 32.9 Å². The molecule has 2 bridgehead atoms. The first-order chi connectivity index (χ1) is 12.3. The molecule has 2 aliphatic carbocycles. The van der Waals surface area contributed by atoms with Gasteiger partial charge in [-0.05, 0) is 69.4 Å². The number of aryl methyl sites for hydroxylation is 3. The van der Waals surface area contributed by atoms with Crippen LogP contribution in [0.3, 0.4) is 0 Å². The van der Waals surface area contributed by atoms with Crippen LogP contribution in [-0.4, -0.2) is 24.4 Å². The second kappa shape index (κ2) is 9.07. The fourth-order valence-corrected chi connectivity index (χ4v) is 4.88. The van der Waals surface area contributed by atoms with Crippen LogP contribution in [-0.2, 0) is 9.59 Å². The van der Waals surface area contributed by atoms with Crippen LogP contribution in [0, 0.1) is 38.5 Å². The first-order valence-corrected chi connectivity index (χ1v) is 9.76. The SMILES string of the molecule is Cc1cc(C)c(NC(=O)CNC(=O)C2CC3CCCC(C2)C3N)c(C)c1.Cl. The summed E-state index contributed by atoms with van der Waals surface area (Å²) >= 11 is 0. The maximum atomic E-state index is 12.5. The summed E-state index contributed by atoms with van der Waals surface area (Å²) in [5, 5.41) is 5.77. The molecule has 0 aromatic heterocycles. The van der Waals surface area contributed by atoms with Crippen molar-refractivity contribution in [2.75, 3.05) is 11.9 Å². The van der Waals surface area contributed by atoms with E-state index in [0.717, 1.165) is 42.5 Å². The van der Waals surface area contributed by atoms with Crippen LogP contribution in [0.2, 0.25) is 0 Å². The number of hydrogen-bond donors (Lipinski definition) is 3. The molecule has 6 heteroatoms. The van der Waals surface area contributed by atoms with Crippen molar-refractivity contribution >= 4 is 29.9 Å². The van der Waals surface area contributed by atoms with Crippen LogP contribution < -0.4 is 16.4 Å². The predicted octanol–water partition coefficient (Wildman–Crippen LogP) is 3.24. The topological polar surface area (TPSA) is 84.2 Å². The summed E-state index contributed by atoms with van der Waals surface area (Å²) in [4.78, 5) is 24.8. The van der Waals surface area contributed by atoms with Gasteiger partial charge in [-0.25, -0.2) is 0 Å². The van der Waals surface area contributed by atoms with E-state index in [4.69, 9.17) is 5.73 Å². The maximum Gasteiger partial charge on any atom is 0.243 e. The van der Waals surface area contributed by atoms with Crippen LogP contribution >= 0.6 is 12.4 Å². The zero-order valence-corrected chi connectivity index (χ0v) is 17.3. The van der Waals surface area contributed by atoms with E-state index in [0.29, 0.717) is 11.8 Å². The number of nitrogens with two attached hydrogens (primary N) is 1. The minimum absolute atomic E-state index is 0. The Hall–Kier alpha value is -1.59. The third-order valence-corrected chi connectivity index (χ3v) is 6.15. The van der Waals surface area contributed by atoms with Crippen molar-refractivity contribution in [1.82, 2.24) is 5.32 Å². The summed E-state index contributed by atoms with van der Waals surface area (Å²) in [6.45, 7) is 6.02. The zero-order valence-electron chi connectivity index (χ0n) is 16.5. The summed E-state index contributed by atoms with van der Waals surface area (Å²) in [5.41, 5.74) is 10.4. The molecule has 5 nitrogen and oxygen atoms in total. The molecule has 2 fully saturated rings. The number of carbonyl (C=O) groups is 2. The van der Waals surface area contributed by atoms with Gasteiger partial charge in [-0.1, -0.05) is 24.1 Å². The standard InChI is InChI=1S/C21H31N3O2.ClH/c1-12-7-13(2)20(14(3)8-12)24-18(25)11-23-21(26)17-9-15-5-4-6-16(10-17)19(15)22;/h7-8,15-17,19H,4-6,9-11,22H2,1-3H3,(H,23,26)(H,24,25);1H. The summed E-state index contributed by atoms with van der Waals surface area (Å²) in [6.07, 6.45) is 5.22. The summed E-state index contributed by atoms with van der Waals surface area (Å²) in [7, 11) is 0. The number of carbonyl (C=O) groups excluding carboxylic acids is 2. The normalized spacial score (nSPS) is 26.7. The van der Waals surface area contributed by atoms with Crippen molar-refractivity contribution < 1.29 is 9.59 Å². The predicted molar refractivity (Wildman–Crippen MR) is 111 cm³/mol. The molecule has 4 N–H and O–H groups in total. The van der Waals surface area contributed by atoms with Crippen LogP contribution in [0.4, 0.5) is 5.69 Å². The molecule has 0 saturated heterocycles. The third kappa shape index (κ3) is 5.02. The Balaban J connectivity index is 0.00000261. The van der Waals surface area contributed by atoms with E-state index in [1.54, 1.807) is 0 Å². The van der Waals surface area contributed by atoms with Gasteiger partial charge in [-0.2, -0.15) is 0 Å².